The van der Waals surface area contributed by atoms with Crippen molar-refractivity contribution in [2.75, 3.05) is 0 Å². The van der Waals surface area contributed by atoms with Gasteiger partial charge in [0.1, 0.15) is 0 Å². The molecule has 25 heavy (non-hydrogen) atoms. The van der Waals surface area contributed by atoms with E-state index in [9.17, 15) is 13.2 Å². The molecule has 7 heteroatoms. The molecule has 0 atom stereocenters. The van der Waals surface area contributed by atoms with E-state index in [0.717, 1.165) is 0 Å². The first-order chi connectivity index (χ1) is 12.1. The second-order valence-electron chi connectivity index (χ2n) is 4.79. The maximum Gasteiger partial charge on any atom is 0.530 e. The van der Waals surface area contributed by atoms with Crippen LogP contribution in [0, 0.1) is 17.5 Å². The zero-order chi connectivity index (χ0) is 17.6. The van der Waals surface area contributed by atoms with Crippen LogP contribution < -0.4 is 13.6 Å². The van der Waals surface area contributed by atoms with E-state index >= 15 is 0 Å². The Hall–Kier alpha value is -2.72. The molecule has 0 fully saturated rings. The molecule has 0 saturated carbocycles. The van der Waals surface area contributed by atoms with Gasteiger partial charge in [0.2, 0.25) is 0 Å². The van der Waals surface area contributed by atoms with Gasteiger partial charge in [-0.25, -0.2) is 13.2 Å². The monoisotopic (exact) mass is 364 g/mol. The van der Waals surface area contributed by atoms with Gasteiger partial charge in [-0.3, -0.25) is 0 Å². The Kier molecular flexibility index (Phi) is 5.41. The number of benzene rings is 3. The summed E-state index contributed by atoms with van der Waals surface area (Å²) >= 11 is 0. The molecular weight excluding hydrogens is 352 g/mol. The molecule has 3 nitrogen and oxygen atoms in total. The summed E-state index contributed by atoms with van der Waals surface area (Å²) in [4.78, 5) is 0. The predicted octanol–water partition coefficient (Wildman–Crippen LogP) is 5.87. The molecule has 0 heterocycles. The molecule has 0 amide bonds. The van der Waals surface area contributed by atoms with Gasteiger partial charge in [0.15, 0.2) is 34.7 Å². The maximum atomic E-state index is 13.8. The van der Waals surface area contributed by atoms with Crippen molar-refractivity contribution in [3.8, 4) is 17.2 Å². The highest BCUT2D eigenvalue weighted by Crippen LogP contribution is 2.43. The average molecular weight is 364 g/mol. The van der Waals surface area contributed by atoms with Crippen molar-refractivity contribution >= 4 is 8.60 Å². The molecule has 3 rings (SSSR count). The third kappa shape index (κ3) is 4.43. The summed E-state index contributed by atoms with van der Waals surface area (Å²) in [6.45, 7) is 0. The molecule has 0 radical (unpaired) electrons. The minimum Gasteiger partial charge on any atom is -0.405 e. The van der Waals surface area contributed by atoms with Crippen LogP contribution in [0.3, 0.4) is 0 Å². The fourth-order valence-electron chi connectivity index (χ4n) is 1.85. The van der Waals surface area contributed by atoms with E-state index in [2.05, 4.69) is 0 Å². The van der Waals surface area contributed by atoms with E-state index in [0.29, 0.717) is 0 Å². The summed E-state index contributed by atoms with van der Waals surface area (Å²) in [6, 6.07) is 16.8. The van der Waals surface area contributed by atoms with E-state index in [1.54, 1.807) is 18.2 Å². The lowest BCUT2D eigenvalue weighted by Gasteiger charge is -2.18. The van der Waals surface area contributed by atoms with Crippen LogP contribution in [-0.2, 0) is 0 Å². The van der Waals surface area contributed by atoms with Crippen molar-refractivity contribution in [1.29, 1.82) is 0 Å². The van der Waals surface area contributed by atoms with Crippen molar-refractivity contribution in [2.24, 2.45) is 0 Å². The Morgan fingerprint density at radius 3 is 1.04 bits per heavy atom. The van der Waals surface area contributed by atoms with Crippen LogP contribution in [-0.4, -0.2) is 0 Å². The molecule has 0 spiro atoms. The molecular formula is C18H12F3O3P. The van der Waals surface area contributed by atoms with Crippen LogP contribution in [0.25, 0.3) is 0 Å². The summed E-state index contributed by atoms with van der Waals surface area (Å²) in [5, 5.41) is 0. The van der Waals surface area contributed by atoms with E-state index in [-0.39, 0.29) is 17.2 Å². The van der Waals surface area contributed by atoms with Crippen molar-refractivity contribution in [1.82, 2.24) is 0 Å². The minimum atomic E-state index is -2.36. The molecule has 0 aliphatic carbocycles. The van der Waals surface area contributed by atoms with E-state index in [1.807, 2.05) is 0 Å². The standard InChI is InChI=1S/C18H12F3O3P/c19-13-7-1-4-10-16(13)22-25(23-17-11-5-2-8-14(17)20)24-18-12-6-3-9-15(18)21/h1-12H. The quantitative estimate of drug-likeness (QED) is 0.512. The lowest BCUT2D eigenvalue weighted by molar-refractivity contribution is 0.360. The molecule has 0 bridgehead atoms. The summed E-state index contributed by atoms with van der Waals surface area (Å²) in [6.07, 6.45) is 0. The zero-order valence-electron chi connectivity index (χ0n) is 12.7. The molecule has 3 aromatic rings. The van der Waals surface area contributed by atoms with Crippen LogP contribution in [0.4, 0.5) is 13.2 Å². The number of para-hydroxylation sites is 3. The summed E-state index contributed by atoms with van der Waals surface area (Å²) in [5.74, 6) is -2.40. The molecule has 3 aromatic carbocycles. The van der Waals surface area contributed by atoms with E-state index in [4.69, 9.17) is 13.6 Å². The van der Waals surface area contributed by atoms with Crippen LogP contribution in [0.15, 0.2) is 72.8 Å². The van der Waals surface area contributed by atoms with Crippen LogP contribution in [0.2, 0.25) is 0 Å². The van der Waals surface area contributed by atoms with Gasteiger partial charge < -0.3 is 13.6 Å². The summed E-state index contributed by atoms with van der Waals surface area (Å²) in [5.41, 5.74) is 0. The molecule has 128 valence electrons. The minimum absolute atomic E-state index is 0.152. The van der Waals surface area contributed by atoms with Crippen molar-refractivity contribution in [3.05, 3.63) is 90.2 Å². The van der Waals surface area contributed by atoms with Gasteiger partial charge in [-0.2, -0.15) is 0 Å². The van der Waals surface area contributed by atoms with Gasteiger partial charge in [-0.05, 0) is 36.4 Å². The Morgan fingerprint density at radius 1 is 0.480 bits per heavy atom. The lowest BCUT2D eigenvalue weighted by Crippen LogP contribution is -2.05. The fourth-order valence-corrected chi connectivity index (χ4v) is 2.89. The SMILES string of the molecule is Fc1ccccc1OP(Oc1ccccc1F)Oc1ccccc1F. The Labute approximate surface area is 143 Å². The number of rotatable bonds is 6. The zero-order valence-corrected chi connectivity index (χ0v) is 13.6. The first-order valence-electron chi connectivity index (χ1n) is 7.21. The number of halogens is 3. The van der Waals surface area contributed by atoms with E-state index in [1.165, 1.54) is 54.6 Å². The van der Waals surface area contributed by atoms with Crippen molar-refractivity contribution in [3.63, 3.8) is 0 Å². The smallest absolute Gasteiger partial charge is 0.405 e. The van der Waals surface area contributed by atoms with Gasteiger partial charge in [0.25, 0.3) is 0 Å². The summed E-state index contributed by atoms with van der Waals surface area (Å²) in [7, 11) is -2.36. The Balaban J connectivity index is 1.86. The topological polar surface area (TPSA) is 27.7 Å². The van der Waals surface area contributed by atoms with Crippen LogP contribution in [0.5, 0.6) is 17.2 Å². The van der Waals surface area contributed by atoms with Gasteiger partial charge in [-0.1, -0.05) is 36.4 Å². The third-order valence-corrected chi connectivity index (χ3v) is 4.07. The first kappa shape index (κ1) is 17.1. The molecule has 0 N–H and O–H groups in total. The van der Waals surface area contributed by atoms with Gasteiger partial charge in [0.05, 0.1) is 0 Å². The Bertz CT molecular complexity index is 747. The van der Waals surface area contributed by atoms with Gasteiger partial charge in [0, 0.05) is 0 Å². The largest absolute Gasteiger partial charge is 0.530 e. The highest BCUT2D eigenvalue weighted by molar-refractivity contribution is 7.43. The average Bonchev–Trinajstić information content (AvgIpc) is 2.61. The molecule has 0 aliphatic rings. The second-order valence-corrected chi connectivity index (χ2v) is 5.78. The van der Waals surface area contributed by atoms with Crippen LogP contribution >= 0.6 is 8.60 Å². The lowest BCUT2D eigenvalue weighted by atomic mass is 10.3. The van der Waals surface area contributed by atoms with Gasteiger partial charge >= 0.3 is 8.60 Å². The second kappa shape index (κ2) is 7.90. The number of hydrogen-bond donors (Lipinski definition) is 0. The normalized spacial score (nSPS) is 10.6. The molecule has 0 aromatic heterocycles. The Morgan fingerprint density at radius 2 is 0.760 bits per heavy atom. The fraction of sp³-hybridized carbons (Fsp3) is 0. The van der Waals surface area contributed by atoms with Crippen LogP contribution in [0.1, 0.15) is 0 Å². The third-order valence-electron chi connectivity index (χ3n) is 3.03. The first-order valence-corrected chi connectivity index (χ1v) is 8.30. The summed E-state index contributed by atoms with van der Waals surface area (Å²) < 4.78 is 57.6. The molecule has 0 unspecified atom stereocenters. The molecule has 0 saturated heterocycles. The maximum absolute atomic E-state index is 13.8. The van der Waals surface area contributed by atoms with Crippen molar-refractivity contribution < 1.29 is 26.7 Å². The number of hydrogen-bond acceptors (Lipinski definition) is 3. The van der Waals surface area contributed by atoms with Gasteiger partial charge in [-0.15, -0.1) is 0 Å². The highest BCUT2D eigenvalue weighted by Gasteiger charge is 2.24. The van der Waals surface area contributed by atoms with Crippen molar-refractivity contribution in [2.45, 2.75) is 0 Å². The van der Waals surface area contributed by atoms with E-state index < -0.39 is 26.1 Å². The highest BCUT2D eigenvalue weighted by atomic mass is 31.2. The molecule has 0 aliphatic heterocycles. The predicted molar refractivity (Wildman–Crippen MR) is 88.0 cm³/mol.